The first-order valence-corrected chi connectivity index (χ1v) is 13.7. The summed E-state index contributed by atoms with van der Waals surface area (Å²) in [6.45, 7) is 4.31. The third kappa shape index (κ3) is 5.23. The van der Waals surface area contributed by atoms with Crippen molar-refractivity contribution in [2.75, 3.05) is 0 Å². The van der Waals surface area contributed by atoms with Gasteiger partial charge in [-0.05, 0) is 90.5 Å². The number of benzene rings is 3. The van der Waals surface area contributed by atoms with Gasteiger partial charge in [-0.15, -0.1) is 0 Å². The van der Waals surface area contributed by atoms with E-state index in [4.69, 9.17) is 0 Å². The molecule has 0 saturated heterocycles. The van der Waals surface area contributed by atoms with Gasteiger partial charge in [0.25, 0.3) is 0 Å². The van der Waals surface area contributed by atoms with Crippen molar-refractivity contribution in [1.82, 2.24) is 0 Å². The molecule has 190 valence electrons. The number of para-hydroxylation sites is 1. The van der Waals surface area contributed by atoms with E-state index in [9.17, 15) is 15.3 Å². The van der Waals surface area contributed by atoms with Crippen LogP contribution in [-0.4, -0.2) is 27.5 Å². The maximum absolute atomic E-state index is 10.9. The lowest BCUT2D eigenvalue weighted by molar-refractivity contribution is 0.0710. The van der Waals surface area contributed by atoms with Gasteiger partial charge in [0, 0.05) is 11.5 Å². The number of aliphatic hydroxyl groups excluding tert-OH is 2. The van der Waals surface area contributed by atoms with E-state index in [-0.39, 0.29) is 18.1 Å². The SMILES string of the molecule is CC1CC(c2cccc(C(c3cccc(C4CCC(O)C(C)C4)c3)c3ccccc3O)c2)CCC1O. The van der Waals surface area contributed by atoms with E-state index in [0.717, 1.165) is 44.1 Å². The molecule has 5 rings (SSSR count). The molecule has 2 fully saturated rings. The first-order chi connectivity index (χ1) is 17.4. The van der Waals surface area contributed by atoms with E-state index in [1.54, 1.807) is 6.07 Å². The molecule has 0 amide bonds. The number of phenols is 1. The molecule has 6 atom stereocenters. The molecule has 2 aliphatic rings. The van der Waals surface area contributed by atoms with Crippen LogP contribution in [0.5, 0.6) is 5.75 Å². The third-order valence-corrected chi connectivity index (χ3v) is 8.93. The summed E-state index contributed by atoms with van der Waals surface area (Å²) in [5, 5.41) is 31.4. The summed E-state index contributed by atoms with van der Waals surface area (Å²) in [4.78, 5) is 0. The van der Waals surface area contributed by atoms with Gasteiger partial charge >= 0.3 is 0 Å². The van der Waals surface area contributed by atoms with Crippen LogP contribution in [0.25, 0.3) is 0 Å². The molecule has 3 nitrogen and oxygen atoms in total. The smallest absolute Gasteiger partial charge is 0.119 e. The summed E-state index contributed by atoms with van der Waals surface area (Å²) < 4.78 is 0. The molecule has 3 heteroatoms. The molecule has 6 unspecified atom stereocenters. The van der Waals surface area contributed by atoms with Crippen LogP contribution in [-0.2, 0) is 0 Å². The Kier molecular flexibility index (Phi) is 7.50. The maximum atomic E-state index is 10.9. The number of hydrogen-bond acceptors (Lipinski definition) is 3. The minimum absolute atomic E-state index is 0.0655. The highest BCUT2D eigenvalue weighted by molar-refractivity contribution is 5.50. The van der Waals surface area contributed by atoms with Crippen molar-refractivity contribution in [2.24, 2.45) is 11.8 Å². The summed E-state index contributed by atoms with van der Waals surface area (Å²) in [6, 6.07) is 25.5. The second kappa shape index (κ2) is 10.8. The molecule has 2 aliphatic carbocycles. The standard InChI is InChI=1S/C33H40O3/c1-21-17-25(13-15-30(21)34)23-7-5-9-27(19-23)33(29-11-3-4-12-32(29)36)28-10-6-8-24(20-28)26-14-16-31(35)22(2)18-26/h3-12,19-22,25-26,30-31,33-36H,13-18H2,1-2H3. The zero-order valence-corrected chi connectivity index (χ0v) is 21.6. The van der Waals surface area contributed by atoms with E-state index in [2.05, 4.69) is 62.4 Å². The van der Waals surface area contributed by atoms with Gasteiger partial charge in [0.05, 0.1) is 12.2 Å². The summed E-state index contributed by atoms with van der Waals surface area (Å²) in [5.41, 5.74) is 5.97. The highest BCUT2D eigenvalue weighted by Gasteiger charge is 2.29. The van der Waals surface area contributed by atoms with E-state index < -0.39 is 0 Å². The molecular weight excluding hydrogens is 444 g/mol. The van der Waals surface area contributed by atoms with Gasteiger partial charge in [-0.1, -0.05) is 80.6 Å². The molecule has 0 heterocycles. The predicted octanol–water partition coefficient (Wildman–Crippen LogP) is 7.10. The Morgan fingerprint density at radius 2 is 1.14 bits per heavy atom. The Morgan fingerprint density at radius 1 is 0.639 bits per heavy atom. The maximum Gasteiger partial charge on any atom is 0.119 e. The van der Waals surface area contributed by atoms with Gasteiger partial charge in [0.15, 0.2) is 0 Å². The van der Waals surface area contributed by atoms with Crippen LogP contribution in [0.3, 0.4) is 0 Å². The van der Waals surface area contributed by atoms with Crippen LogP contribution in [0.4, 0.5) is 0 Å². The fourth-order valence-corrected chi connectivity index (χ4v) is 6.63. The van der Waals surface area contributed by atoms with Crippen LogP contribution < -0.4 is 0 Å². The molecular formula is C33H40O3. The zero-order chi connectivity index (χ0) is 25.2. The minimum Gasteiger partial charge on any atom is -0.508 e. The fourth-order valence-electron chi connectivity index (χ4n) is 6.63. The summed E-state index contributed by atoms with van der Waals surface area (Å²) in [7, 11) is 0. The average molecular weight is 485 g/mol. The molecule has 3 N–H and O–H groups in total. The van der Waals surface area contributed by atoms with E-state index in [1.165, 1.54) is 22.3 Å². The molecule has 2 saturated carbocycles. The molecule has 0 bridgehead atoms. The van der Waals surface area contributed by atoms with Gasteiger partial charge in [-0.2, -0.15) is 0 Å². The summed E-state index contributed by atoms with van der Waals surface area (Å²) >= 11 is 0. The van der Waals surface area contributed by atoms with E-state index in [0.29, 0.717) is 29.4 Å². The Labute approximate surface area is 215 Å². The van der Waals surface area contributed by atoms with Crippen molar-refractivity contribution < 1.29 is 15.3 Å². The third-order valence-electron chi connectivity index (χ3n) is 8.93. The predicted molar refractivity (Wildman–Crippen MR) is 145 cm³/mol. The average Bonchev–Trinajstić information content (AvgIpc) is 2.89. The largest absolute Gasteiger partial charge is 0.508 e. The number of aliphatic hydroxyl groups is 2. The topological polar surface area (TPSA) is 60.7 Å². The van der Waals surface area contributed by atoms with Crippen LogP contribution in [0.2, 0.25) is 0 Å². The van der Waals surface area contributed by atoms with Gasteiger partial charge < -0.3 is 15.3 Å². The minimum atomic E-state index is -0.190. The van der Waals surface area contributed by atoms with Crippen molar-refractivity contribution in [3.8, 4) is 5.75 Å². The lowest BCUT2D eigenvalue weighted by Gasteiger charge is -2.32. The first-order valence-electron chi connectivity index (χ1n) is 13.7. The molecule has 0 aromatic heterocycles. The quantitative estimate of drug-likeness (QED) is 0.339. The molecule has 0 radical (unpaired) electrons. The van der Waals surface area contributed by atoms with E-state index in [1.807, 2.05) is 18.2 Å². The second-order valence-corrected chi connectivity index (χ2v) is 11.4. The van der Waals surface area contributed by atoms with Crippen molar-refractivity contribution in [2.45, 2.75) is 82.3 Å². The molecule has 3 aromatic rings. The van der Waals surface area contributed by atoms with Crippen molar-refractivity contribution >= 4 is 0 Å². The van der Waals surface area contributed by atoms with Gasteiger partial charge in [-0.3, -0.25) is 0 Å². The van der Waals surface area contributed by atoms with Gasteiger partial charge in [0.1, 0.15) is 5.75 Å². The second-order valence-electron chi connectivity index (χ2n) is 11.4. The van der Waals surface area contributed by atoms with Crippen molar-refractivity contribution in [3.63, 3.8) is 0 Å². The number of phenolic OH excluding ortho intramolecular Hbond substituents is 1. The Bertz CT molecular complexity index is 1100. The van der Waals surface area contributed by atoms with Crippen LogP contribution in [0.1, 0.15) is 97.9 Å². The fraction of sp³-hybridized carbons (Fsp3) is 0.455. The number of aromatic hydroxyl groups is 1. The summed E-state index contributed by atoms with van der Waals surface area (Å²) in [6.07, 6.45) is 5.37. The first kappa shape index (κ1) is 25.0. The monoisotopic (exact) mass is 484 g/mol. The highest BCUT2D eigenvalue weighted by Crippen LogP contribution is 2.42. The van der Waals surface area contributed by atoms with Gasteiger partial charge in [-0.25, -0.2) is 0 Å². The van der Waals surface area contributed by atoms with E-state index >= 15 is 0 Å². The molecule has 0 spiro atoms. The highest BCUT2D eigenvalue weighted by atomic mass is 16.3. The van der Waals surface area contributed by atoms with Crippen molar-refractivity contribution in [1.29, 1.82) is 0 Å². The number of rotatable bonds is 5. The zero-order valence-electron chi connectivity index (χ0n) is 21.6. The van der Waals surface area contributed by atoms with Gasteiger partial charge in [0.2, 0.25) is 0 Å². The lowest BCUT2D eigenvalue weighted by Crippen LogP contribution is -2.26. The molecule has 0 aliphatic heterocycles. The van der Waals surface area contributed by atoms with Crippen molar-refractivity contribution in [3.05, 3.63) is 101 Å². The van der Waals surface area contributed by atoms with Crippen LogP contribution in [0, 0.1) is 11.8 Å². The Balaban J connectivity index is 1.53. The molecule has 36 heavy (non-hydrogen) atoms. The van der Waals surface area contributed by atoms with Crippen LogP contribution >= 0.6 is 0 Å². The number of hydrogen-bond donors (Lipinski definition) is 3. The van der Waals surface area contributed by atoms with Crippen LogP contribution in [0.15, 0.2) is 72.8 Å². The molecule has 3 aromatic carbocycles. The lowest BCUT2D eigenvalue weighted by atomic mass is 9.75. The summed E-state index contributed by atoms with van der Waals surface area (Å²) in [5.74, 6) is 1.79. The Hall–Kier alpha value is -2.62. The normalized spacial score (nSPS) is 29.6. The Morgan fingerprint density at radius 3 is 1.61 bits per heavy atom.